The molecular formula is C21H22N4O2S. The highest BCUT2D eigenvalue weighted by Gasteiger charge is 2.10. The van der Waals surface area contributed by atoms with Crippen LogP contribution in [0.4, 0.5) is 0 Å². The molecule has 4 rings (SSSR count). The van der Waals surface area contributed by atoms with E-state index in [-0.39, 0.29) is 12.0 Å². The largest absolute Gasteiger partial charge is 0.491 e. The molecule has 7 heteroatoms. The second kappa shape index (κ2) is 7.90. The lowest BCUT2D eigenvalue weighted by Gasteiger charge is -2.10. The van der Waals surface area contributed by atoms with Crippen molar-refractivity contribution in [3.05, 3.63) is 65.8 Å². The van der Waals surface area contributed by atoms with Gasteiger partial charge < -0.3 is 14.6 Å². The average molecular weight is 395 g/mol. The molecule has 3 heterocycles. The molecule has 0 aliphatic heterocycles. The van der Waals surface area contributed by atoms with Crippen LogP contribution in [0.25, 0.3) is 16.2 Å². The molecular weight excluding hydrogens is 372 g/mol. The van der Waals surface area contributed by atoms with E-state index in [0.717, 1.165) is 22.0 Å². The van der Waals surface area contributed by atoms with E-state index in [2.05, 4.69) is 27.1 Å². The van der Waals surface area contributed by atoms with Crippen molar-refractivity contribution in [2.24, 2.45) is 0 Å². The first-order valence-corrected chi connectivity index (χ1v) is 10.1. The normalized spacial score (nSPS) is 11.2. The fraction of sp³-hybridized carbons (Fsp3) is 0.238. The van der Waals surface area contributed by atoms with Crippen LogP contribution >= 0.6 is 11.3 Å². The van der Waals surface area contributed by atoms with Gasteiger partial charge in [-0.1, -0.05) is 6.07 Å². The zero-order valence-corrected chi connectivity index (χ0v) is 16.6. The number of thiophene rings is 1. The molecule has 0 spiro atoms. The number of benzene rings is 1. The first-order valence-electron chi connectivity index (χ1n) is 9.23. The molecule has 1 N–H and O–H groups in total. The molecule has 28 heavy (non-hydrogen) atoms. The van der Waals surface area contributed by atoms with Crippen LogP contribution in [-0.2, 0) is 6.54 Å². The highest BCUT2D eigenvalue weighted by atomic mass is 32.1. The van der Waals surface area contributed by atoms with E-state index in [1.54, 1.807) is 23.5 Å². The van der Waals surface area contributed by atoms with E-state index >= 15 is 0 Å². The van der Waals surface area contributed by atoms with Gasteiger partial charge in [0.15, 0.2) is 0 Å². The standard InChI is InChI=1S/C21H22N4O2S/c1-15(2)27-17-7-5-16(6-8-17)21(26)22-9-10-24-11-12-25-20(24)14-18(23-25)19-4-3-13-28-19/h3-8,11-15H,9-10H2,1-2H3,(H,22,26). The predicted octanol–water partition coefficient (Wildman–Crippen LogP) is 4.08. The third-order valence-electron chi connectivity index (χ3n) is 4.30. The zero-order valence-electron chi connectivity index (χ0n) is 15.8. The first-order chi connectivity index (χ1) is 13.6. The molecule has 144 valence electrons. The molecule has 6 nitrogen and oxygen atoms in total. The maximum absolute atomic E-state index is 12.4. The topological polar surface area (TPSA) is 60.6 Å². The Kier molecular flexibility index (Phi) is 5.16. The molecule has 4 aromatic rings. The van der Waals surface area contributed by atoms with Gasteiger partial charge in [-0.2, -0.15) is 5.10 Å². The number of aromatic nitrogens is 3. The van der Waals surface area contributed by atoms with Gasteiger partial charge in [-0.05, 0) is 49.6 Å². The van der Waals surface area contributed by atoms with E-state index in [1.807, 2.05) is 54.3 Å². The van der Waals surface area contributed by atoms with Gasteiger partial charge in [-0.15, -0.1) is 11.3 Å². The Morgan fingerprint density at radius 1 is 1.21 bits per heavy atom. The minimum atomic E-state index is -0.0907. The zero-order chi connectivity index (χ0) is 19.5. The third-order valence-corrected chi connectivity index (χ3v) is 5.19. The van der Waals surface area contributed by atoms with E-state index in [9.17, 15) is 4.79 Å². The molecule has 0 radical (unpaired) electrons. The summed E-state index contributed by atoms with van der Waals surface area (Å²) in [4.78, 5) is 13.5. The fourth-order valence-electron chi connectivity index (χ4n) is 3.01. The van der Waals surface area contributed by atoms with Crippen LogP contribution in [0.15, 0.2) is 60.2 Å². The maximum Gasteiger partial charge on any atom is 0.251 e. The van der Waals surface area contributed by atoms with Gasteiger partial charge in [0.2, 0.25) is 0 Å². The summed E-state index contributed by atoms with van der Waals surface area (Å²) >= 11 is 1.67. The van der Waals surface area contributed by atoms with Gasteiger partial charge in [-0.3, -0.25) is 4.79 Å². The van der Waals surface area contributed by atoms with Crippen LogP contribution in [0.5, 0.6) is 5.75 Å². The molecule has 1 aromatic carbocycles. The smallest absolute Gasteiger partial charge is 0.251 e. The van der Waals surface area contributed by atoms with Crippen molar-refractivity contribution in [3.8, 4) is 16.3 Å². The number of fused-ring (bicyclic) bond motifs is 1. The highest BCUT2D eigenvalue weighted by Crippen LogP contribution is 2.24. The quantitative estimate of drug-likeness (QED) is 0.514. The molecule has 0 fully saturated rings. The van der Waals surface area contributed by atoms with E-state index in [1.165, 1.54) is 0 Å². The first kappa shape index (κ1) is 18.3. The van der Waals surface area contributed by atoms with E-state index in [4.69, 9.17) is 4.74 Å². The molecule has 0 atom stereocenters. The lowest BCUT2D eigenvalue weighted by molar-refractivity contribution is 0.0952. The van der Waals surface area contributed by atoms with Gasteiger partial charge >= 0.3 is 0 Å². The number of nitrogens with one attached hydrogen (secondary N) is 1. The van der Waals surface area contributed by atoms with Crippen LogP contribution < -0.4 is 10.1 Å². The summed E-state index contributed by atoms with van der Waals surface area (Å²) in [5.74, 6) is 0.676. The molecule has 0 bridgehead atoms. The van der Waals surface area contributed by atoms with Gasteiger partial charge in [-0.25, -0.2) is 4.52 Å². The summed E-state index contributed by atoms with van der Waals surface area (Å²) in [7, 11) is 0. The number of rotatable bonds is 7. The number of ether oxygens (including phenoxy) is 1. The van der Waals surface area contributed by atoms with Crippen LogP contribution in [0.1, 0.15) is 24.2 Å². The van der Waals surface area contributed by atoms with Crippen LogP contribution in [-0.4, -0.2) is 32.7 Å². The number of hydrogen-bond acceptors (Lipinski definition) is 4. The summed E-state index contributed by atoms with van der Waals surface area (Å²) in [5, 5.41) is 9.62. The molecule has 0 aliphatic rings. The lowest BCUT2D eigenvalue weighted by Crippen LogP contribution is -2.27. The van der Waals surface area contributed by atoms with Crippen LogP contribution in [0.2, 0.25) is 0 Å². The van der Waals surface area contributed by atoms with Crippen molar-refractivity contribution < 1.29 is 9.53 Å². The van der Waals surface area contributed by atoms with Crippen molar-refractivity contribution in [2.75, 3.05) is 6.54 Å². The molecule has 0 unspecified atom stereocenters. The third kappa shape index (κ3) is 3.94. The SMILES string of the molecule is CC(C)Oc1ccc(C(=O)NCCn2ccn3nc(-c4cccs4)cc23)cc1. The lowest BCUT2D eigenvalue weighted by atomic mass is 10.2. The van der Waals surface area contributed by atoms with Crippen molar-refractivity contribution >= 4 is 22.9 Å². The number of hydrogen-bond donors (Lipinski definition) is 1. The second-order valence-electron chi connectivity index (χ2n) is 6.75. The van der Waals surface area contributed by atoms with E-state index in [0.29, 0.717) is 18.7 Å². The van der Waals surface area contributed by atoms with Crippen LogP contribution in [0, 0.1) is 0 Å². The van der Waals surface area contributed by atoms with Gasteiger partial charge in [0.25, 0.3) is 5.91 Å². The van der Waals surface area contributed by atoms with Crippen molar-refractivity contribution in [2.45, 2.75) is 26.5 Å². The second-order valence-corrected chi connectivity index (χ2v) is 7.70. The number of carbonyl (C=O) groups is 1. The summed E-state index contributed by atoms with van der Waals surface area (Å²) in [6, 6.07) is 13.4. The average Bonchev–Trinajstić information content (AvgIpc) is 3.39. The fourth-order valence-corrected chi connectivity index (χ4v) is 3.69. The Hall–Kier alpha value is -3.06. The molecule has 0 aliphatic carbocycles. The Labute approximate surface area is 167 Å². The van der Waals surface area contributed by atoms with Gasteiger partial charge in [0.1, 0.15) is 17.1 Å². The number of carbonyl (C=O) groups excluding carboxylic acids is 1. The van der Waals surface area contributed by atoms with Gasteiger partial charge in [0.05, 0.1) is 11.0 Å². The van der Waals surface area contributed by atoms with E-state index < -0.39 is 0 Å². The van der Waals surface area contributed by atoms with Crippen molar-refractivity contribution in [1.82, 2.24) is 19.5 Å². The summed E-state index contributed by atoms with van der Waals surface area (Å²) < 4.78 is 9.56. The molecule has 0 saturated heterocycles. The van der Waals surface area contributed by atoms with Gasteiger partial charge in [0, 0.05) is 37.1 Å². The minimum Gasteiger partial charge on any atom is -0.491 e. The monoisotopic (exact) mass is 394 g/mol. The molecule has 0 saturated carbocycles. The summed E-state index contributed by atoms with van der Waals surface area (Å²) in [6.45, 7) is 5.16. The maximum atomic E-state index is 12.4. The summed E-state index contributed by atoms with van der Waals surface area (Å²) in [6.07, 6.45) is 4.02. The highest BCUT2D eigenvalue weighted by molar-refractivity contribution is 7.13. The van der Waals surface area contributed by atoms with Crippen LogP contribution in [0.3, 0.4) is 0 Å². The van der Waals surface area contributed by atoms with Crippen molar-refractivity contribution in [3.63, 3.8) is 0 Å². The number of amides is 1. The molecule has 3 aromatic heterocycles. The predicted molar refractivity (Wildman–Crippen MR) is 111 cm³/mol. The molecule has 1 amide bonds. The minimum absolute atomic E-state index is 0.0907. The number of nitrogens with zero attached hydrogens (tertiary/aromatic N) is 3. The Bertz CT molecular complexity index is 1060. The summed E-state index contributed by atoms with van der Waals surface area (Å²) in [5.41, 5.74) is 2.60. The van der Waals surface area contributed by atoms with Crippen molar-refractivity contribution in [1.29, 1.82) is 0 Å². The Balaban J connectivity index is 1.36. The Morgan fingerprint density at radius 3 is 2.75 bits per heavy atom. The number of imidazole rings is 1. The Morgan fingerprint density at radius 2 is 2.04 bits per heavy atom.